The first-order valence-electron chi connectivity index (χ1n) is 23.4. The molecule has 3 amide bonds. The summed E-state index contributed by atoms with van der Waals surface area (Å²) < 4.78 is 94.7. The summed E-state index contributed by atoms with van der Waals surface area (Å²) in [5.74, 6) is -4.25. The lowest BCUT2D eigenvalue weighted by atomic mass is 9.72. The van der Waals surface area contributed by atoms with Gasteiger partial charge in [0.25, 0.3) is 5.91 Å². The van der Waals surface area contributed by atoms with E-state index in [2.05, 4.69) is 25.1 Å². The Bertz CT molecular complexity index is 3110. The standard InChI is InChI=1S/C49H49F4N9O7S/c1-69-40-17-32(14-30-21-62(48(66)42(30)40)39-6-7-41(63)56-47(39)65)60-25-49(26-60)23-58(24-49)20-27-8-11-59(12-9-27)38-5-2-28(16-36(38)52)29-15-33-34(19-55-46(33)54-18-29)45(64)43-35(51)3-4-37(44(43)53)57-70(67,68)61-13-10-31(50)22-61/h2-5,14-19,27,31,39,57H,6-13,20-26H2,1H3,(H,54,55)(H,56,63,65)/t31-,39?/m1/s1. The summed E-state index contributed by atoms with van der Waals surface area (Å²) in [7, 11) is -2.85. The van der Waals surface area contributed by atoms with Crippen molar-refractivity contribution in [3.63, 3.8) is 0 Å². The number of amides is 3. The van der Waals surface area contributed by atoms with Crippen LogP contribution in [0.2, 0.25) is 0 Å². The Balaban J connectivity index is 0.689. The monoisotopic (exact) mass is 983 g/mol. The Morgan fingerprint density at radius 1 is 0.914 bits per heavy atom. The zero-order valence-electron chi connectivity index (χ0n) is 38.1. The van der Waals surface area contributed by atoms with Gasteiger partial charge in [0.1, 0.15) is 35.2 Å². The number of pyridine rings is 1. The fourth-order valence-electron chi connectivity index (χ4n) is 11.3. The van der Waals surface area contributed by atoms with Gasteiger partial charge in [-0.2, -0.15) is 12.7 Å². The topological polar surface area (TPSA) is 181 Å². The van der Waals surface area contributed by atoms with Crippen LogP contribution in [0.15, 0.2) is 60.9 Å². The number of alkyl halides is 1. The zero-order chi connectivity index (χ0) is 48.8. The van der Waals surface area contributed by atoms with Gasteiger partial charge in [-0.05, 0) is 79.1 Å². The smallest absolute Gasteiger partial charge is 0.301 e. The molecule has 1 unspecified atom stereocenters. The molecule has 0 saturated carbocycles. The van der Waals surface area contributed by atoms with Crippen LogP contribution < -0.4 is 24.6 Å². The van der Waals surface area contributed by atoms with Gasteiger partial charge in [-0.3, -0.25) is 29.2 Å². The van der Waals surface area contributed by atoms with Crippen LogP contribution in [0.5, 0.6) is 5.75 Å². The van der Waals surface area contributed by atoms with E-state index >= 15 is 13.2 Å². The highest BCUT2D eigenvalue weighted by Crippen LogP contribution is 2.46. The Kier molecular flexibility index (Phi) is 11.4. The van der Waals surface area contributed by atoms with E-state index in [9.17, 15) is 32.0 Å². The second-order valence-electron chi connectivity index (χ2n) is 19.5. The summed E-state index contributed by atoms with van der Waals surface area (Å²) >= 11 is 0. The number of methoxy groups -OCH3 is 1. The van der Waals surface area contributed by atoms with Crippen LogP contribution in [-0.2, 0) is 26.3 Å². The summed E-state index contributed by atoms with van der Waals surface area (Å²) in [6, 6.07) is 11.3. The molecule has 3 aromatic carbocycles. The molecule has 21 heteroatoms. The van der Waals surface area contributed by atoms with Crippen molar-refractivity contribution >= 4 is 61.8 Å². The van der Waals surface area contributed by atoms with Crippen LogP contribution in [-0.4, -0.2) is 134 Å². The van der Waals surface area contributed by atoms with Gasteiger partial charge < -0.3 is 29.3 Å². The minimum atomic E-state index is -4.39. The number of benzene rings is 3. The number of imide groups is 1. The number of nitrogens with one attached hydrogen (secondary N) is 3. The number of hydrogen-bond donors (Lipinski definition) is 3. The van der Waals surface area contributed by atoms with Crippen LogP contribution in [0.1, 0.15) is 63.9 Å². The van der Waals surface area contributed by atoms with E-state index in [0.29, 0.717) is 53.6 Å². The number of nitrogens with zero attached hydrogens (tertiary/aromatic N) is 6. The number of rotatable bonds is 12. The number of piperidine rings is 2. The van der Waals surface area contributed by atoms with Crippen LogP contribution in [0, 0.1) is 28.8 Å². The molecule has 6 aliphatic heterocycles. The number of aromatic nitrogens is 2. The van der Waals surface area contributed by atoms with Gasteiger partial charge in [-0.15, -0.1) is 0 Å². The average molecular weight is 984 g/mol. The summed E-state index contributed by atoms with van der Waals surface area (Å²) in [5, 5.41) is 2.57. The molecule has 6 aliphatic rings. The van der Waals surface area contributed by atoms with Gasteiger partial charge in [-0.1, -0.05) is 6.07 Å². The highest BCUT2D eigenvalue weighted by atomic mass is 32.2. The average Bonchev–Trinajstić information content (AvgIpc) is 4.04. The number of likely N-dealkylation sites (tertiary alicyclic amines) is 1. The fraction of sp³-hybridized carbons (Fsp3) is 0.408. The Morgan fingerprint density at radius 2 is 1.70 bits per heavy atom. The SMILES string of the molecule is COc1cc(N2CC3(CN(CC4CCN(c5ccc(-c6cnc7[nH]cc(C(=O)c8c(F)ccc(NS(=O)(=O)N9CC[C@@H](F)C9)c8F)c7c6)cc5F)CC4)C3)C2)cc2c1C(=O)N(C1CCC(=O)NC1=O)C2. The third-order valence-electron chi connectivity index (χ3n) is 14.8. The van der Waals surface area contributed by atoms with Crippen LogP contribution >= 0.6 is 0 Å². The van der Waals surface area contributed by atoms with Crippen molar-refractivity contribution in [3.05, 3.63) is 101 Å². The lowest BCUT2D eigenvalue weighted by Gasteiger charge is -2.61. The number of anilines is 3. The van der Waals surface area contributed by atoms with E-state index in [-0.39, 0.29) is 59.8 Å². The maximum Gasteiger partial charge on any atom is 0.301 e. The molecule has 0 radical (unpaired) electrons. The zero-order valence-corrected chi connectivity index (χ0v) is 38.9. The van der Waals surface area contributed by atoms with Crippen LogP contribution in [0.3, 0.4) is 0 Å². The number of aromatic amines is 1. The molecule has 5 fully saturated rings. The molecule has 0 aliphatic carbocycles. The third kappa shape index (κ3) is 8.10. The van der Waals surface area contributed by atoms with Crippen LogP contribution in [0.4, 0.5) is 34.6 Å². The minimum absolute atomic E-state index is 0.0182. The van der Waals surface area contributed by atoms with Gasteiger partial charge in [0, 0.05) is 118 Å². The van der Waals surface area contributed by atoms with E-state index in [1.54, 1.807) is 18.2 Å². The second kappa shape index (κ2) is 17.4. The minimum Gasteiger partial charge on any atom is -0.496 e. The quantitative estimate of drug-likeness (QED) is 0.0830. The van der Waals surface area contributed by atoms with Gasteiger partial charge in [0.05, 0.1) is 29.6 Å². The van der Waals surface area contributed by atoms with Crippen molar-refractivity contribution < 1.29 is 49.9 Å². The first kappa shape index (κ1) is 45.8. The van der Waals surface area contributed by atoms with E-state index in [0.717, 1.165) is 73.3 Å². The number of carbonyl (C=O) groups excluding carboxylic acids is 4. The van der Waals surface area contributed by atoms with E-state index in [1.807, 2.05) is 21.8 Å². The Hall–Kier alpha value is -6.58. The molecule has 8 heterocycles. The number of ketones is 1. The third-order valence-corrected chi connectivity index (χ3v) is 16.3. The Labute approximate surface area is 400 Å². The fourth-order valence-corrected chi connectivity index (χ4v) is 12.5. The molecule has 70 heavy (non-hydrogen) atoms. The lowest BCUT2D eigenvalue weighted by molar-refractivity contribution is -0.136. The van der Waals surface area contributed by atoms with Gasteiger partial charge in [-0.25, -0.2) is 22.5 Å². The van der Waals surface area contributed by atoms with Crippen molar-refractivity contribution in [3.8, 4) is 16.9 Å². The number of ether oxygens (including phenoxy) is 1. The van der Waals surface area contributed by atoms with Crippen molar-refractivity contribution in [1.29, 1.82) is 0 Å². The van der Waals surface area contributed by atoms with Gasteiger partial charge in [0.15, 0.2) is 5.82 Å². The number of fused-ring (bicyclic) bond motifs is 2. The second-order valence-corrected chi connectivity index (χ2v) is 21.2. The molecule has 5 aromatic rings. The van der Waals surface area contributed by atoms with Crippen molar-refractivity contribution in [2.75, 3.05) is 80.5 Å². The number of hydrogen-bond acceptors (Lipinski definition) is 11. The molecular weight excluding hydrogens is 935 g/mol. The number of halogens is 4. The normalized spacial score (nSPS) is 21.8. The summed E-state index contributed by atoms with van der Waals surface area (Å²) in [6.45, 7) is 5.81. The number of H-pyrrole nitrogens is 1. The predicted octanol–water partition coefficient (Wildman–Crippen LogP) is 5.39. The Morgan fingerprint density at radius 3 is 2.41 bits per heavy atom. The summed E-state index contributed by atoms with van der Waals surface area (Å²) in [4.78, 5) is 67.1. The van der Waals surface area contributed by atoms with E-state index in [1.165, 1.54) is 30.5 Å². The van der Waals surface area contributed by atoms with Gasteiger partial charge in [0.2, 0.25) is 17.6 Å². The largest absolute Gasteiger partial charge is 0.496 e. The molecule has 3 N–H and O–H groups in total. The first-order valence-corrected chi connectivity index (χ1v) is 24.8. The first-order chi connectivity index (χ1) is 33.6. The van der Waals surface area contributed by atoms with Crippen molar-refractivity contribution in [2.24, 2.45) is 11.3 Å². The van der Waals surface area contributed by atoms with Gasteiger partial charge >= 0.3 is 10.2 Å². The van der Waals surface area contributed by atoms with Crippen molar-refractivity contribution in [1.82, 2.24) is 29.4 Å². The molecule has 2 aromatic heterocycles. The molecule has 366 valence electrons. The number of carbonyl (C=O) groups is 4. The highest BCUT2D eigenvalue weighted by molar-refractivity contribution is 7.90. The predicted molar refractivity (Wildman–Crippen MR) is 250 cm³/mol. The van der Waals surface area contributed by atoms with Crippen molar-refractivity contribution in [2.45, 2.75) is 50.9 Å². The molecule has 16 nitrogen and oxygen atoms in total. The maximum atomic E-state index is 15.9. The van der Waals surface area contributed by atoms with Crippen LogP contribution in [0.25, 0.3) is 22.2 Å². The molecule has 1 spiro atoms. The maximum absolute atomic E-state index is 15.9. The molecule has 0 bridgehead atoms. The molecule has 5 saturated heterocycles. The highest BCUT2D eigenvalue weighted by Gasteiger charge is 2.52. The summed E-state index contributed by atoms with van der Waals surface area (Å²) in [6.07, 6.45) is 3.65. The lowest BCUT2D eigenvalue weighted by Crippen LogP contribution is -2.72. The molecular formula is C49H49F4N9O7S. The van der Waals surface area contributed by atoms with E-state index < -0.39 is 69.4 Å². The summed E-state index contributed by atoms with van der Waals surface area (Å²) in [5.41, 5.74) is 2.28. The van der Waals surface area contributed by atoms with E-state index in [4.69, 9.17) is 4.74 Å². The molecule has 11 rings (SSSR count). The molecule has 2 atom stereocenters.